The van der Waals surface area contributed by atoms with Crippen molar-refractivity contribution in [2.24, 2.45) is 0 Å². The van der Waals surface area contributed by atoms with Gasteiger partial charge in [-0.1, -0.05) is 36.4 Å². The molecule has 2 atom stereocenters. The highest BCUT2D eigenvalue weighted by molar-refractivity contribution is 6.01. The molecule has 0 radical (unpaired) electrons. The van der Waals surface area contributed by atoms with Crippen LogP contribution in [0.3, 0.4) is 0 Å². The summed E-state index contributed by atoms with van der Waals surface area (Å²) in [6.45, 7) is 2.12. The molecule has 2 N–H and O–H groups in total. The average molecular weight is 419 g/mol. The van der Waals surface area contributed by atoms with Crippen LogP contribution in [-0.2, 0) is 15.1 Å². The van der Waals surface area contributed by atoms with E-state index >= 15 is 0 Å². The van der Waals surface area contributed by atoms with Crippen LogP contribution in [0.15, 0.2) is 48.5 Å². The molecule has 1 saturated heterocycles. The van der Waals surface area contributed by atoms with E-state index in [-0.39, 0.29) is 37.4 Å². The third-order valence-electron chi connectivity index (χ3n) is 6.70. The van der Waals surface area contributed by atoms with E-state index in [1.54, 1.807) is 12.0 Å². The molecule has 3 aromatic rings. The largest absolute Gasteiger partial charge is 0.496 e. The van der Waals surface area contributed by atoms with Crippen molar-refractivity contribution in [3.8, 4) is 5.75 Å². The first-order chi connectivity index (χ1) is 15.0. The smallest absolute Gasteiger partial charge is 0.255 e. The second-order valence-electron chi connectivity index (χ2n) is 8.28. The number of rotatable bonds is 4. The quantitative estimate of drug-likeness (QED) is 0.679. The van der Waals surface area contributed by atoms with E-state index in [1.807, 2.05) is 55.5 Å². The number of ether oxygens (including phenoxy) is 1. The van der Waals surface area contributed by atoms with Crippen LogP contribution in [-0.4, -0.2) is 65.1 Å². The molecule has 0 bridgehead atoms. The maximum atomic E-state index is 13.6. The number of fused-ring (bicyclic) bond motifs is 5. The van der Waals surface area contributed by atoms with Gasteiger partial charge < -0.3 is 24.6 Å². The first-order valence-electron chi connectivity index (χ1n) is 10.5. The minimum Gasteiger partial charge on any atom is -0.496 e. The van der Waals surface area contributed by atoms with Crippen molar-refractivity contribution in [1.82, 2.24) is 14.8 Å². The molecule has 0 saturated carbocycles. The zero-order valence-electron chi connectivity index (χ0n) is 17.6. The summed E-state index contributed by atoms with van der Waals surface area (Å²) in [4.78, 5) is 33.4. The lowest BCUT2D eigenvalue weighted by atomic mass is 9.76. The molecule has 3 heterocycles. The van der Waals surface area contributed by atoms with Crippen LogP contribution in [0, 0.1) is 0 Å². The van der Waals surface area contributed by atoms with Gasteiger partial charge in [-0.05, 0) is 24.6 Å². The first kappa shape index (κ1) is 19.6. The molecule has 5 rings (SSSR count). The van der Waals surface area contributed by atoms with E-state index in [9.17, 15) is 14.7 Å². The summed E-state index contributed by atoms with van der Waals surface area (Å²) in [6, 6.07) is 15.8. The van der Waals surface area contributed by atoms with Gasteiger partial charge in [0.25, 0.3) is 5.91 Å². The summed E-state index contributed by atoms with van der Waals surface area (Å²) in [5.41, 5.74) is 2.51. The van der Waals surface area contributed by atoms with Crippen LogP contribution in [0.25, 0.3) is 10.9 Å². The van der Waals surface area contributed by atoms with E-state index in [0.29, 0.717) is 6.54 Å². The number of aliphatic hydroxyl groups is 1. The number of benzene rings is 2. The van der Waals surface area contributed by atoms with Crippen LogP contribution >= 0.6 is 0 Å². The molecular weight excluding hydrogens is 394 g/mol. The van der Waals surface area contributed by atoms with Crippen LogP contribution in [0.2, 0.25) is 0 Å². The minimum absolute atomic E-state index is 0.0246. The maximum Gasteiger partial charge on any atom is 0.255 e. The van der Waals surface area contributed by atoms with Gasteiger partial charge in [-0.3, -0.25) is 9.59 Å². The summed E-state index contributed by atoms with van der Waals surface area (Å²) < 4.78 is 5.64. The number of hydrogen-bond acceptors (Lipinski definition) is 4. The van der Waals surface area contributed by atoms with Gasteiger partial charge in [0.05, 0.1) is 26.0 Å². The number of H-pyrrole nitrogens is 1. The number of para-hydroxylation sites is 2. The maximum absolute atomic E-state index is 13.6. The number of nitrogens with zero attached hydrogens (tertiary/aromatic N) is 2. The number of methoxy groups -OCH3 is 1. The zero-order valence-corrected chi connectivity index (χ0v) is 17.6. The molecule has 7 heteroatoms. The van der Waals surface area contributed by atoms with Crippen molar-refractivity contribution in [3.05, 3.63) is 65.4 Å². The molecule has 31 heavy (non-hydrogen) atoms. The molecule has 0 spiro atoms. The van der Waals surface area contributed by atoms with Crippen LogP contribution in [0.5, 0.6) is 5.75 Å². The monoisotopic (exact) mass is 419 g/mol. The minimum atomic E-state index is -1.16. The van der Waals surface area contributed by atoms with Crippen molar-refractivity contribution >= 4 is 22.7 Å². The number of aromatic amines is 1. The number of aromatic nitrogens is 1. The number of piperazine rings is 1. The predicted octanol–water partition coefficient (Wildman–Crippen LogP) is 2.20. The Balaban J connectivity index is 1.78. The Morgan fingerprint density at radius 2 is 1.90 bits per heavy atom. The fourth-order valence-electron chi connectivity index (χ4n) is 5.21. The molecule has 2 aliphatic rings. The highest BCUT2D eigenvalue weighted by atomic mass is 16.5. The topological polar surface area (TPSA) is 85.9 Å². The van der Waals surface area contributed by atoms with Crippen molar-refractivity contribution in [2.45, 2.75) is 18.4 Å². The van der Waals surface area contributed by atoms with Crippen molar-refractivity contribution < 1.29 is 19.4 Å². The number of β-amino-alcohol motifs (C(OH)–C–C–N with tert-alkyl or cyclic N) is 1. The molecule has 160 valence electrons. The molecule has 0 unspecified atom stereocenters. The number of nitrogens with one attached hydrogen (secondary N) is 1. The average Bonchev–Trinajstić information content (AvgIpc) is 3.18. The summed E-state index contributed by atoms with van der Waals surface area (Å²) in [5, 5.41) is 10.5. The third-order valence-corrected chi connectivity index (χ3v) is 6.70. The van der Waals surface area contributed by atoms with E-state index in [4.69, 9.17) is 4.74 Å². The second-order valence-corrected chi connectivity index (χ2v) is 8.28. The molecule has 2 aromatic carbocycles. The fraction of sp³-hybridized carbons (Fsp3) is 0.333. The molecule has 2 aliphatic heterocycles. The number of amides is 2. The van der Waals surface area contributed by atoms with E-state index in [0.717, 1.165) is 33.5 Å². The number of carbonyl (C=O) groups excluding carboxylic acids is 2. The normalized spacial score (nSPS) is 23.1. The molecule has 1 aromatic heterocycles. The summed E-state index contributed by atoms with van der Waals surface area (Å²) in [7, 11) is 1.64. The SMILES string of the molecule is COc1ccccc1[C@@H]1CN2C(=O)CN(CCO)C(=O)[C@]2(C)c2[nH]c3ccccc3c21. The van der Waals surface area contributed by atoms with E-state index in [2.05, 4.69) is 4.98 Å². The van der Waals surface area contributed by atoms with Crippen molar-refractivity contribution in [1.29, 1.82) is 0 Å². The summed E-state index contributed by atoms with van der Waals surface area (Å²) >= 11 is 0. The van der Waals surface area contributed by atoms with Gasteiger partial charge in [-0.25, -0.2) is 0 Å². The van der Waals surface area contributed by atoms with Gasteiger partial charge in [0.1, 0.15) is 5.75 Å². The Labute approximate surface area is 180 Å². The third kappa shape index (κ3) is 2.69. The summed E-state index contributed by atoms with van der Waals surface area (Å²) in [5.74, 6) is 0.314. The van der Waals surface area contributed by atoms with Crippen LogP contribution in [0.4, 0.5) is 0 Å². The Hall–Kier alpha value is -3.32. The predicted molar refractivity (Wildman–Crippen MR) is 116 cm³/mol. The highest BCUT2D eigenvalue weighted by Gasteiger charge is 2.56. The molecule has 2 amide bonds. The van der Waals surface area contributed by atoms with E-state index in [1.165, 1.54) is 4.90 Å². The van der Waals surface area contributed by atoms with Crippen LogP contribution < -0.4 is 4.74 Å². The first-order valence-corrected chi connectivity index (χ1v) is 10.5. The lowest BCUT2D eigenvalue weighted by Gasteiger charge is -2.51. The molecular formula is C24H25N3O4. The van der Waals surface area contributed by atoms with Gasteiger partial charge in [0.2, 0.25) is 5.91 Å². The van der Waals surface area contributed by atoms with Crippen molar-refractivity contribution in [3.63, 3.8) is 0 Å². The fourth-order valence-corrected chi connectivity index (χ4v) is 5.21. The lowest BCUT2D eigenvalue weighted by Crippen LogP contribution is -2.67. The molecule has 0 aliphatic carbocycles. The Bertz CT molecular complexity index is 1190. The van der Waals surface area contributed by atoms with Gasteiger partial charge in [-0.15, -0.1) is 0 Å². The van der Waals surface area contributed by atoms with Gasteiger partial charge in [-0.2, -0.15) is 0 Å². The van der Waals surface area contributed by atoms with Gasteiger partial charge >= 0.3 is 0 Å². The second kappa shape index (κ2) is 7.13. The molecule has 1 fully saturated rings. The standard InChI is InChI=1S/C24H25N3O4/c1-24-22-21(16-8-3-5-9-18(16)25-22)17(15-7-4-6-10-19(15)31-2)13-27(24)20(29)14-26(11-12-28)23(24)30/h3-10,17,25,28H,11-14H2,1-2H3/t17-,24-/m0/s1. The Morgan fingerprint density at radius 3 is 2.68 bits per heavy atom. The Morgan fingerprint density at radius 1 is 1.16 bits per heavy atom. The molecule has 7 nitrogen and oxygen atoms in total. The highest BCUT2D eigenvalue weighted by Crippen LogP contribution is 2.49. The van der Waals surface area contributed by atoms with Gasteiger partial charge in [0.15, 0.2) is 5.54 Å². The number of carbonyl (C=O) groups is 2. The Kier molecular flexibility index (Phi) is 4.51. The zero-order chi connectivity index (χ0) is 21.8. The van der Waals surface area contributed by atoms with E-state index < -0.39 is 5.54 Å². The van der Waals surface area contributed by atoms with Gasteiger partial charge in [0, 0.05) is 35.5 Å². The lowest BCUT2D eigenvalue weighted by molar-refractivity contribution is -0.166. The van der Waals surface area contributed by atoms with Crippen LogP contribution in [0.1, 0.15) is 29.7 Å². The number of hydrogen-bond donors (Lipinski definition) is 2. The number of aliphatic hydroxyl groups excluding tert-OH is 1. The van der Waals surface area contributed by atoms with Crippen molar-refractivity contribution in [2.75, 3.05) is 33.4 Å². The summed E-state index contributed by atoms with van der Waals surface area (Å²) in [6.07, 6.45) is 0.